The Labute approximate surface area is 107 Å². The number of carbonyl (C=O) groups is 2. The predicted molar refractivity (Wildman–Crippen MR) is 56.7 cm³/mol. The van der Waals surface area contributed by atoms with Crippen molar-refractivity contribution < 1.29 is 36.9 Å². The molecule has 0 aromatic rings. The summed E-state index contributed by atoms with van der Waals surface area (Å²) in [5, 5.41) is 17.6. The van der Waals surface area contributed by atoms with Crippen LogP contribution in [0.4, 0.5) is 0 Å². The van der Waals surface area contributed by atoms with E-state index in [1.54, 1.807) is 13.8 Å². The van der Waals surface area contributed by atoms with E-state index in [9.17, 15) is 9.59 Å². The van der Waals surface area contributed by atoms with E-state index in [1.165, 1.54) is 0 Å². The van der Waals surface area contributed by atoms with Gasteiger partial charge in [-0.25, -0.2) is 0 Å². The van der Waals surface area contributed by atoms with Crippen LogP contribution in [0.1, 0.15) is 47.0 Å². The molecule has 0 atom stereocenters. The van der Waals surface area contributed by atoms with Crippen molar-refractivity contribution >= 4 is 11.9 Å². The topological polar surface area (TPSA) is 74.6 Å². The van der Waals surface area contributed by atoms with Crippen molar-refractivity contribution in [1.82, 2.24) is 0 Å². The van der Waals surface area contributed by atoms with E-state index < -0.39 is 22.8 Å². The molecule has 0 rings (SSSR count). The molecule has 0 fully saturated rings. The standard InChI is InChI=1S/C11H20O4.Cu/c1-10(2,7-5-6-8(12)13)11(3,4)9(14)15;/h5-7H2,1-4H3,(H,12,13)(H,14,15);. The van der Waals surface area contributed by atoms with E-state index in [4.69, 9.17) is 10.2 Å². The largest absolute Gasteiger partial charge is 0.481 e. The average molecular weight is 280 g/mol. The second-order valence-corrected chi connectivity index (χ2v) is 5.06. The molecule has 0 saturated carbocycles. The Bertz CT molecular complexity index is 259. The average Bonchev–Trinajstić information content (AvgIpc) is 2.02. The summed E-state index contributed by atoms with van der Waals surface area (Å²) in [6.07, 6.45) is 1.21. The minimum absolute atomic E-state index is 0. The monoisotopic (exact) mass is 279 g/mol. The maximum atomic E-state index is 11.0. The van der Waals surface area contributed by atoms with Gasteiger partial charge < -0.3 is 10.2 Å². The van der Waals surface area contributed by atoms with Gasteiger partial charge in [-0.3, -0.25) is 9.59 Å². The molecule has 5 heteroatoms. The Morgan fingerprint density at radius 3 is 1.81 bits per heavy atom. The summed E-state index contributed by atoms with van der Waals surface area (Å²) in [5.41, 5.74) is -1.25. The van der Waals surface area contributed by atoms with Crippen molar-refractivity contribution in [3.63, 3.8) is 0 Å². The fourth-order valence-corrected chi connectivity index (χ4v) is 1.28. The van der Waals surface area contributed by atoms with Crippen LogP contribution >= 0.6 is 0 Å². The van der Waals surface area contributed by atoms with Gasteiger partial charge in [0, 0.05) is 23.5 Å². The molecule has 1 radical (unpaired) electrons. The zero-order valence-electron chi connectivity index (χ0n) is 10.1. The fourth-order valence-electron chi connectivity index (χ4n) is 1.28. The second kappa shape index (κ2) is 6.26. The second-order valence-electron chi connectivity index (χ2n) is 5.06. The molecule has 0 heterocycles. The Kier molecular flexibility index (Phi) is 6.98. The molecule has 0 aliphatic carbocycles. The van der Waals surface area contributed by atoms with Gasteiger partial charge in [0.05, 0.1) is 5.41 Å². The number of aliphatic carboxylic acids is 2. The van der Waals surface area contributed by atoms with Crippen LogP contribution in [0.5, 0.6) is 0 Å². The molecular weight excluding hydrogens is 260 g/mol. The van der Waals surface area contributed by atoms with Crippen LogP contribution < -0.4 is 0 Å². The molecule has 2 N–H and O–H groups in total. The van der Waals surface area contributed by atoms with Crippen LogP contribution in [-0.4, -0.2) is 22.2 Å². The van der Waals surface area contributed by atoms with Crippen molar-refractivity contribution in [3.8, 4) is 0 Å². The summed E-state index contributed by atoms with van der Waals surface area (Å²) in [4.78, 5) is 21.4. The Morgan fingerprint density at radius 2 is 1.50 bits per heavy atom. The SMILES string of the molecule is CC(C)(CCCC(=O)O)C(C)(C)C(=O)O.[Cu]. The summed E-state index contributed by atoms with van der Waals surface area (Å²) in [6, 6.07) is 0. The number of carboxylic acid groups (broad SMARTS) is 2. The number of hydrogen-bond donors (Lipinski definition) is 2. The van der Waals surface area contributed by atoms with Crippen molar-refractivity contribution in [2.24, 2.45) is 10.8 Å². The zero-order valence-corrected chi connectivity index (χ0v) is 11.1. The van der Waals surface area contributed by atoms with Crippen LogP contribution in [0.2, 0.25) is 0 Å². The van der Waals surface area contributed by atoms with E-state index in [-0.39, 0.29) is 23.5 Å². The van der Waals surface area contributed by atoms with Crippen molar-refractivity contribution in [3.05, 3.63) is 0 Å². The fraction of sp³-hybridized carbons (Fsp3) is 0.818. The van der Waals surface area contributed by atoms with Gasteiger partial charge in [-0.15, -0.1) is 0 Å². The normalized spacial score (nSPS) is 11.8. The molecule has 0 bridgehead atoms. The first-order chi connectivity index (χ1) is 6.61. The Hall–Kier alpha value is -0.541. The van der Waals surface area contributed by atoms with Gasteiger partial charge in [-0.1, -0.05) is 13.8 Å². The van der Waals surface area contributed by atoms with E-state index >= 15 is 0 Å². The molecule has 0 aliphatic rings. The van der Waals surface area contributed by atoms with Crippen molar-refractivity contribution in [2.45, 2.75) is 47.0 Å². The van der Waals surface area contributed by atoms with Crippen LogP contribution in [0, 0.1) is 10.8 Å². The molecule has 4 nitrogen and oxygen atoms in total. The first-order valence-corrected chi connectivity index (χ1v) is 5.06. The van der Waals surface area contributed by atoms with Crippen molar-refractivity contribution in [2.75, 3.05) is 0 Å². The van der Waals surface area contributed by atoms with Gasteiger partial charge in [0.2, 0.25) is 0 Å². The number of carboxylic acids is 2. The zero-order chi connectivity index (χ0) is 12.3. The summed E-state index contributed by atoms with van der Waals surface area (Å²) in [5.74, 6) is -1.68. The third-order valence-electron chi connectivity index (χ3n) is 3.42. The van der Waals surface area contributed by atoms with Gasteiger partial charge in [0.15, 0.2) is 0 Å². The summed E-state index contributed by atoms with van der Waals surface area (Å²) in [7, 11) is 0. The molecule has 0 aromatic carbocycles. The molecule has 0 amide bonds. The van der Waals surface area contributed by atoms with E-state index in [0.29, 0.717) is 12.8 Å². The third kappa shape index (κ3) is 4.54. The molecule has 0 aromatic heterocycles. The third-order valence-corrected chi connectivity index (χ3v) is 3.42. The first kappa shape index (κ1) is 17.8. The molecule has 0 unspecified atom stereocenters. The van der Waals surface area contributed by atoms with E-state index in [2.05, 4.69) is 0 Å². The molecule has 0 aliphatic heterocycles. The van der Waals surface area contributed by atoms with Gasteiger partial charge in [0.25, 0.3) is 0 Å². The van der Waals surface area contributed by atoms with Crippen LogP contribution in [-0.2, 0) is 26.7 Å². The summed E-state index contributed by atoms with van der Waals surface area (Å²) >= 11 is 0. The maximum Gasteiger partial charge on any atom is 0.309 e. The first-order valence-electron chi connectivity index (χ1n) is 5.06. The molecule has 99 valence electrons. The van der Waals surface area contributed by atoms with Gasteiger partial charge >= 0.3 is 11.9 Å². The smallest absolute Gasteiger partial charge is 0.309 e. The van der Waals surface area contributed by atoms with Crippen LogP contribution in [0.25, 0.3) is 0 Å². The molecular formula is C11H20CuO4. The van der Waals surface area contributed by atoms with Crippen LogP contribution in [0.3, 0.4) is 0 Å². The van der Waals surface area contributed by atoms with E-state index in [0.717, 1.165) is 0 Å². The Morgan fingerprint density at radius 1 is 1.06 bits per heavy atom. The molecule has 0 spiro atoms. The van der Waals surface area contributed by atoms with E-state index in [1.807, 2.05) is 13.8 Å². The number of rotatable bonds is 6. The predicted octanol–water partition coefficient (Wildman–Crippen LogP) is 2.38. The molecule has 16 heavy (non-hydrogen) atoms. The van der Waals surface area contributed by atoms with Gasteiger partial charge in [-0.2, -0.15) is 0 Å². The minimum atomic E-state index is -0.845. The quantitative estimate of drug-likeness (QED) is 0.732. The minimum Gasteiger partial charge on any atom is -0.481 e. The van der Waals surface area contributed by atoms with Crippen LogP contribution in [0.15, 0.2) is 0 Å². The maximum absolute atomic E-state index is 11.0. The summed E-state index contributed by atoms with van der Waals surface area (Å²) < 4.78 is 0. The molecule has 0 saturated heterocycles. The summed E-state index contributed by atoms with van der Waals surface area (Å²) in [6.45, 7) is 7.08. The van der Waals surface area contributed by atoms with Crippen molar-refractivity contribution in [1.29, 1.82) is 0 Å². The Balaban J connectivity index is 0. The van der Waals surface area contributed by atoms with Gasteiger partial charge in [0.1, 0.15) is 0 Å². The van der Waals surface area contributed by atoms with Gasteiger partial charge in [-0.05, 0) is 32.1 Å². The number of hydrogen-bond acceptors (Lipinski definition) is 2.